The lowest BCUT2D eigenvalue weighted by atomic mass is 9.87. The van der Waals surface area contributed by atoms with E-state index in [9.17, 15) is 8.42 Å². The number of hydrogen-bond acceptors (Lipinski definition) is 6. The Morgan fingerprint density at radius 3 is 2.88 bits per heavy atom. The molecule has 1 aliphatic heterocycles. The third-order valence-electron chi connectivity index (χ3n) is 4.84. The molecule has 142 valence electrons. The molecule has 0 spiro atoms. The number of ether oxygens (including phenoxy) is 2. The Balaban J connectivity index is 1.74. The van der Waals surface area contributed by atoms with Gasteiger partial charge in [0.25, 0.3) is 0 Å². The van der Waals surface area contributed by atoms with E-state index < -0.39 is 9.84 Å². The van der Waals surface area contributed by atoms with Gasteiger partial charge in [0.2, 0.25) is 14.2 Å². The van der Waals surface area contributed by atoms with Gasteiger partial charge in [0.1, 0.15) is 0 Å². The summed E-state index contributed by atoms with van der Waals surface area (Å²) < 4.78 is 38.2. The van der Waals surface area contributed by atoms with Gasteiger partial charge in [-0.15, -0.1) is 17.9 Å². The van der Waals surface area contributed by atoms with Gasteiger partial charge in [0.15, 0.2) is 6.29 Å². The third kappa shape index (κ3) is 4.34. The second-order valence-electron chi connectivity index (χ2n) is 6.91. The number of rotatable bonds is 7. The number of sulfone groups is 1. The van der Waals surface area contributed by atoms with Crippen LogP contribution in [0.25, 0.3) is 10.2 Å². The first-order chi connectivity index (χ1) is 12.4. The van der Waals surface area contributed by atoms with Gasteiger partial charge in [0.05, 0.1) is 22.1 Å². The van der Waals surface area contributed by atoms with Gasteiger partial charge >= 0.3 is 0 Å². The fraction of sp³-hybridized carbons (Fsp3) is 0.526. The normalized spacial score (nSPS) is 25.2. The van der Waals surface area contributed by atoms with Crippen LogP contribution in [0, 0.1) is 11.8 Å². The van der Waals surface area contributed by atoms with E-state index >= 15 is 0 Å². The highest BCUT2D eigenvalue weighted by Crippen LogP contribution is 2.33. The Morgan fingerprint density at radius 2 is 2.19 bits per heavy atom. The first-order valence-corrected chi connectivity index (χ1v) is 11.3. The lowest BCUT2D eigenvalue weighted by Crippen LogP contribution is -2.39. The summed E-state index contributed by atoms with van der Waals surface area (Å²) in [5, 5.41) is 0. The second-order valence-corrected chi connectivity index (χ2v) is 10.1. The molecule has 1 aromatic heterocycles. The maximum atomic E-state index is 12.9. The summed E-state index contributed by atoms with van der Waals surface area (Å²) in [6.07, 6.45) is 3.99. The van der Waals surface area contributed by atoms with Crippen molar-refractivity contribution >= 4 is 31.4 Å². The number of fused-ring (bicyclic) bond motifs is 1. The predicted octanol–water partition coefficient (Wildman–Crippen LogP) is 4.05. The molecule has 0 saturated carbocycles. The average Bonchev–Trinajstić information content (AvgIpc) is 3.06. The molecule has 5 nitrogen and oxygen atoms in total. The van der Waals surface area contributed by atoms with Crippen molar-refractivity contribution < 1.29 is 17.9 Å². The molecule has 1 unspecified atom stereocenters. The molecule has 0 bridgehead atoms. The van der Waals surface area contributed by atoms with Gasteiger partial charge in [-0.3, -0.25) is 0 Å². The number of aromatic nitrogens is 1. The molecule has 2 heterocycles. The van der Waals surface area contributed by atoms with Crippen molar-refractivity contribution in [2.75, 3.05) is 12.9 Å². The monoisotopic (exact) mass is 395 g/mol. The minimum atomic E-state index is -3.46. The van der Waals surface area contributed by atoms with E-state index in [1.807, 2.05) is 37.3 Å². The number of hydrogen-bond donors (Lipinski definition) is 0. The first-order valence-electron chi connectivity index (χ1n) is 8.80. The summed E-state index contributed by atoms with van der Waals surface area (Å²) in [7, 11) is -1.83. The molecule has 0 radical (unpaired) electrons. The molecule has 7 heteroatoms. The van der Waals surface area contributed by atoms with E-state index in [0.717, 1.165) is 29.5 Å². The Morgan fingerprint density at radius 1 is 1.42 bits per heavy atom. The van der Waals surface area contributed by atoms with E-state index in [0.29, 0.717) is 5.92 Å². The number of allylic oxidation sites excluding steroid dienone is 1. The van der Waals surface area contributed by atoms with Gasteiger partial charge in [-0.1, -0.05) is 25.1 Å². The minimum absolute atomic E-state index is 0.0226. The Hall–Kier alpha value is -1.28. The summed E-state index contributed by atoms with van der Waals surface area (Å²) in [5.41, 5.74) is 0.725. The molecule has 2 aromatic rings. The smallest absolute Gasteiger partial charge is 0.210 e. The average molecular weight is 396 g/mol. The SMILES string of the molecule is C=CC[C@H]1CC(OC)O[C@@H]([C@H](C)CS(=O)(=O)c2nc3ccccc3s2)C1. The number of thiazole rings is 1. The zero-order valence-corrected chi connectivity index (χ0v) is 16.8. The molecule has 1 saturated heterocycles. The lowest BCUT2D eigenvalue weighted by Gasteiger charge is -2.37. The quantitative estimate of drug-likeness (QED) is 0.662. The summed E-state index contributed by atoms with van der Waals surface area (Å²) in [4.78, 5) is 4.31. The van der Waals surface area contributed by atoms with Gasteiger partial charge in [-0.2, -0.15) is 0 Å². The van der Waals surface area contributed by atoms with Crippen LogP contribution in [0.2, 0.25) is 0 Å². The summed E-state index contributed by atoms with van der Waals surface area (Å²) >= 11 is 1.23. The molecular weight excluding hydrogens is 370 g/mol. The first kappa shape index (κ1) is 19.5. The fourth-order valence-electron chi connectivity index (χ4n) is 3.46. The predicted molar refractivity (Wildman–Crippen MR) is 104 cm³/mol. The third-order valence-corrected chi connectivity index (χ3v) is 8.27. The molecular formula is C19H25NO4S2. The van der Waals surface area contributed by atoms with Crippen molar-refractivity contribution in [2.24, 2.45) is 11.8 Å². The number of benzene rings is 1. The van der Waals surface area contributed by atoms with Crippen LogP contribution in [0.1, 0.15) is 26.2 Å². The van der Waals surface area contributed by atoms with Crippen LogP contribution in [0.5, 0.6) is 0 Å². The highest BCUT2D eigenvalue weighted by Gasteiger charge is 2.35. The molecule has 1 fully saturated rings. The van der Waals surface area contributed by atoms with E-state index in [2.05, 4.69) is 11.6 Å². The van der Waals surface area contributed by atoms with Crippen LogP contribution in [0.15, 0.2) is 41.3 Å². The molecule has 4 atom stereocenters. The van der Waals surface area contributed by atoms with Crippen LogP contribution < -0.4 is 0 Å². The molecule has 26 heavy (non-hydrogen) atoms. The minimum Gasteiger partial charge on any atom is -0.356 e. The summed E-state index contributed by atoms with van der Waals surface area (Å²) in [6.45, 7) is 5.74. The van der Waals surface area contributed by atoms with E-state index in [4.69, 9.17) is 9.47 Å². The molecule has 0 aliphatic carbocycles. The van der Waals surface area contributed by atoms with Crippen molar-refractivity contribution in [1.29, 1.82) is 0 Å². The van der Waals surface area contributed by atoms with Crippen molar-refractivity contribution in [3.05, 3.63) is 36.9 Å². The topological polar surface area (TPSA) is 65.5 Å². The molecule has 3 rings (SSSR count). The Labute approximate surface area is 159 Å². The number of methoxy groups -OCH3 is 1. The zero-order valence-electron chi connectivity index (χ0n) is 15.1. The van der Waals surface area contributed by atoms with E-state index in [1.165, 1.54) is 11.3 Å². The number of para-hydroxylation sites is 1. The summed E-state index contributed by atoms with van der Waals surface area (Å²) in [5.74, 6) is 0.287. The van der Waals surface area contributed by atoms with Crippen molar-refractivity contribution in [2.45, 2.75) is 42.9 Å². The van der Waals surface area contributed by atoms with Crippen LogP contribution >= 0.6 is 11.3 Å². The molecule has 0 amide bonds. The maximum absolute atomic E-state index is 12.9. The van der Waals surface area contributed by atoms with Gasteiger partial charge in [-0.05, 0) is 36.8 Å². The van der Waals surface area contributed by atoms with Gasteiger partial charge < -0.3 is 9.47 Å². The molecule has 1 aromatic carbocycles. The molecule has 0 N–H and O–H groups in total. The lowest BCUT2D eigenvalue weighted by molar-refractivity contribution is -0.202. The van der Waals surface area contributed by atoms with E-state index in [-0.39, 0.29) is 28.4 Å². The fourth-order valence-corrected chi connectivity index (χ4v) is 6.42. The van der Waals surface area contributed by atoms with Crippen molar-refractivity contribution in [3.8, 4) is 0 Å². The highest BCUT2D eigenvalue weighted by atomic mass is 32.2. The van der Waals surface area contributed by atoms with Gasteiger partial charge in [0, 0.05) is 13.5 Å². The van der Waals surface area contributed by atoms with Crippen molar-refractivity contribution in [3.63, 3.8) is 0 Å². The van der Waals surface area contributed by atoms with Crippen LogP contribution in [-0.2, 0) is 19.3 Å². The largest absolute Gasteiger partial charge is 0.356 e. The maximum Gasteiger partial charge on any atom is 0.210 e. The van der Waals surface area contributed by atoms with E-state index in [1.54, 1.807) is 7.11 Å². The standard InChI is InChI=1S/C19H25NO4S2/c1-4-7-14-10-16(24-18(11-14)23-3)13(2)12-26(21,22)19-20-15-8-5-6-9-17(15)25-19/h4-6,8-9,13-14,16,18H,1,7,10-12H2,2-3H3/t13-,14-,16-,18?/m1/s1. The van der Waals surface area contributed by atoms with Crippen LogP contribution in [0.3, 0.4) is 0 Å². The van der Waals surface area contributed by atoms with Crippen LogP contribution in [0.4, 0.5) is 0 Å². The Bertz CT molecular complexity index is 828. The Kier molecular flexibility index (Phi) is 6.12. The van der Waals surface area contributed by atoms with Crippen molar-refractivity contribution in [1.82, 2.24) is 4.98 Å². The second kappa shape index (κ2) is 8.17. The molecule has 1 aliphatic rings. The summed E-state index contributed by atoms with van der Waals surface area (Å²) in [6, 6.07) is 7.48. The van der Waals surface area contributed by atoms with Crippen LogP contribution in [-0.4, -0.2) is 38.7 Å². The van der Waals surface area contributed by atoms with Gasteiger partial charge in [-0.25, -0.2) is 13.4 Å². The zero-order chi connectivity index (χ0) is 18.7. The number of nitrogens with zero attached hydrogens (tertiary/aromatic N) is 1. The highest BCUT2D eigenvalue weighted by molar-refractivity contribution is 7.93.